The Bertz CT molecular complexity index is 414. The van der Waals surface area contributed by atoms with E-state index >= 15 is 0 Å². The summed E-state index contributed by atoms with van der Waals surface area (Å²) in [5.74, 6) is 0.774. The quantitative estimate of drug-likeness (QED) is 0.910. The maximum atomic E-state index is 11.1. The lowest BCUT2D eigenvalue weighted by molar-refractivity contribution is 0.115. The number of halogens is 2. The fraction of sp³-hybridized carbons (Fsp3) is 0.364. The predicted molar refractivity (Wildman–Crippen MR) is 69.8 cm³/mol. The van der Waals surface area contributed by atoms with Gasteiger partial charge in [0.1, 0.15) is 5.75 Å². The van der Waals surface area contributed by atoms with Gasteiger partial charge < -0.3 is 14.8 Å². The fourth-order valence-electron chi connectivity index (χ4n) is 1.74. The lowest BCUT2D eigenvalue weighted by Gasteiger charge is -2.25. The van der Waals surface area contributed by atoms with E-state index in [0.717, 1.165) is 22.2 Å². The second-order valence-electron chi connectivity index (χ2n) is 3.51. The molecule has 0 aliphatic carbocycles. The van der Waals surface area contributed by atoms with Crippen molar-refractivity contribution in [3.8, 4) is 5.75 Å². The van der Waals surface area contributed by atoms with E-state index in [1.165, 1.54) is 0 Å². The van der Waals surface area contributed by atoms with E-state index in [2.05, 4.69) is 21.2 Å². The minimum atomic E-state index is -0.377. The Morgan fingerprint density at radius 1 is 1.53 bits per heavy atom. The molecule has 17 heavy (non-hydrogen) atoms. The molecule has 1 saturated heterocycles. The maximum absolute atomic E-state index is 11.1. The SMILES string of the molecule is COc1ccc(Br)cc1[C@@H]1CCOC(=O)N1.Cl. The fourth-order valence-corrected chi connectivity index (χ4v) is 2.12. The topological polar surface area (TPSA) is 47.6 Å². The van der Waals surface area contributed by atoms with Crippen molar-refractivity contribution in [3.63, 3.8) is 0 Å². The number of cyclic esters (lactones) is 1. The van der Waals surface area contributed by atoms with Crippen LogP contribution < -0.4 is 10.1 Å². The largest absolute Gasteiger partial charge is 0.496 e. The number of hydrogen-bond donors (Lipinski definition) is 1. The van der Waals surface area contributed by atoms with Crippen LogP contribution in [0.4, 0.5) is 4.79 Å². The van der Waals surface area contributed by atoms with Crippen molar-refractivity contribution >= 4 is 34.4 Å². The monoisotopic (exact) mass is 321 g/mol. The Hall–Kier alpha value is -0.940. The first-order valence-electron chi connectivity index (χ1n) is 4.97. The number of rotatable bonds is 2. The van der Waals surface area contributed by atoms with Gasteiger partial charge >= 0.3 is 6.09 Å². The van der Waals surface area contributed by atoms with Gasteiger partial charge in [-0.3, -0.25) is 0 Å². The van der Waals surface area contributed by atoms with Crippen molar-refractivity contribution in [3.05, 3.63) is 28.2 Å². The van der Waals surface area contributed by atoms with Gasteiger partial charge in [0.25, 0.3) is 0 Å². The van der Waals surface area contributed by atoms with Crippen molar-refractivity contribution in [2.24, 2.45) is 0 Å². The highest BCUT2D eigenvalue weighted by molar-refractivity contribution is 9.10. The van der Waals surface area contributed by atoms with E-state index in [4.69, 9.17) is 9.47 Å². The summed E-state index contributed by atoms with van der Waals surface area (Å²) in [6, 6.07) is 5.69. The highest BCUT2D eigenvalue weighted by Gasteiger charge is 2.23. The molecule has 0 radical (unpaired) electrons. The number of benzene rings is 1. The van der Waals surface area contributed by atoms with Crippen LogP contribution in [0.3, 0.4) is 0 Å². The zero-order chi connectivity index (χ0) is 11.5. The predicted octanol–water partition coefficient (Wildman–Crippen LogP) is 3.05. The van der Waals surface area contributed by atoms with Crippen LogP contribution in [0.2, 0.25) is 0 Å². The van der Waals surface area contributed by atoms with E-state index in [1.54, 1.807) is 7.11 Å². The van der Waals surface area contributed by atoms with Crippen molar-refractivity contribution in [2.75, 3.05) is 13.7 Å². The van der Waals surface area contributed by atoms with E-state index in [-0.39, 0.29) is 24.5 Å². The number of alkyl carbamates (subject to hydrolysis) is 1. The van der Waals surface area contributed by atoms with E-state index < -0.39 is 0 Å². The van der Waals surface area contributed by atoms with Gasteiger partial charge in [0.05, 0.1) is 19.8 Å². The van der Waals surface area contributed by atoms with E-state index in [9.17, 15) is 4.79 Å². The molecule has 0 aromatic heterocycles. The second kappa shape index (κ2) is 6.12. The molecule has 0 bridgehead atoms. The molecule has 1 aliphatic rings. The number of hydrogen-bond acceptors (Lipinski definition) is 3. The maximum Gasteiger partial charge on any atom is 0.407 e. The minimum Gasteiger partial charge on any atom is -0.496 e. The molecule has 1 aromatic carbocycles. The van der Waals surface area contributed by atoms with Crippen LogP contribution in [0, 0.1) is 0 Å². The number of nitrogens with one attached hydrogen (secondary N) is 1. The van der Waals surface area contributed by atoms with E-state index in [1.807, 2.05) is 18.2 Å². The molecule has 1 heterocycles. The summed E-state index contributed by atoms with van der Waals surface area (Å²) in [6.07, 6.45) is 0.372. The van der Waals surface area contributed by atoms with Gasteiger partial charge in [0, 0.05) is 16.5 Å². The van der Waals surface area contributed by atoms with Gasteiger partial charge in [-0.1, -0.05) is 15.9 Å². The molecular weight excluding hydrogens is 309 g/mol. The molecule has 4 nitrogen and oxygen atoms in total. The van der Waals surface area contributed by atoms with Gasteiger partial charge in [-0.05, 0) is 18.2 Å². The third kappa shape index (κ3) is 3.26. The second-order valence-corrected chi connectivity index (χ2v) is 4.42. The summed E-state index contributed by atoms with van der Waals surface area (Å²) >= 11 is 3.41. The highest BCUT2D eigenvalue weighted by atomic mass is 79.9. The van der Waals surface area contributed by atoms with Gasteiger partial charge in [0.15, 0.2) is 0 Å². The molecule has 1 aromatic rings. The van der Waals surface area contributed by atoms with Crippen LogP contribution in [0.1, 0.15) is 18.0 Å². The Balaban J connectivity index is 0.00000144. The molecule has 0 unspecified atom stereocenters. The molecule has 94 valence electrons. The van der Waals surface area contributed by atoms with Gasteiger partial charge in [-0.15, -0.1) is 12.4 Å². The lowest BCUT2D eigenvalue weighted by Crippen LogP contribution is -2.35. The summed E-state index contributed by atoms with van der Waals surface area (Å²) < 4.78 is 11.1. The Kier molecular flexibility index (Phi) is 5.08. The van der Waals surface area contributed by atoms with Crippen molar-refractivity contribution in [1.82, 2.24) is 5.32 Å². The van der Waals surface area contributed by atoms with Crippen molar-refractivity contribution in [2.45, 2.75) is 12.5 Å². The van der Waals surface area contributed by atoms with Crippen molar-refractivity contribution < 1.29 is 14.3 Å². The summed E-state index contributed by atoms with van der Waals surface area (Å²) in [5, 5.41) is 2.77. The zero-order valence-electron chi connectivity index (χ0n) is 9.23. The molecular formula is C11H13BrClNO3. The minimum absolute atomic E-state index is 0. The molecule has 1 N–H and O–H groups in total. The average molecular weight is 323 g/mol. The number of methoxy groups -OCH3 is 1. The summed E-state index contributed by atoms with van der Waals surface area (Å²) in [7, 11) is 1.62. The van der Waals surface area contributed by atoms with Gasteiger partial charge in [-0.2, -0.15) is 0 Å². The first-order chi connectivity index (χ1) is 7.70. The number of ether oxygens (including phenoxy) is 2. The molecule has 0 spiro atoms. The van der Waals surface area contributed by atoms with Gasteiger partial charge in [-0.25, -0.2) is 4.79 Å². The Morgan fingerprint density at radius 3 is 2.94 bits per heavy atom. The first-order valence-corrected chi connectivity index (χ1v) is 5.76. The third-order valence-corrected chi connectivity index (χ3v) is 2.99. The van der Waals surface area contributed by atoms with Crippen LogP contribution in [0.5, 0.6) is 5.75 Å². The molecule has 2 rings (SSSR count). The molecule has 1 aliphatic heterocycles. The van der Waals surface area contributed by atoms with Crippen LogP contribution in [-0.2, 0) is 4.74 Å². The van der Waals surface area contributed by atoms with Crippen molar-refractivity contribution in [1.29, 1.82) is 0 Å². The molecule has 0 saturated carbocycles. The Labute approximate surface area is 114 Å². The molecule has 1 amide bonds. The molecule has 1 atom stereocenters. The van der Waals surface area contributed by atoms with Crippen LogP contribution >= 0.6 is 28.3 Å². The van der Waals surface area contributed by atoms with Crippen LogP contribution in [0.25, 0.3) is 0 Å². The summed E-state index contributed by atoms with van der Waals surface area (Å²) in [5.41, 5.74) is 0.966. The average Bonchev–Trinajstić information content (AvgIpc) is 2.29. The summed E-state index contributed by atoms with van der Waals surface area (Å²) in [4.78, 5) is 11.1. The Morgan fingerprint density at radius 2 is 2.29 bits per heavy atom. The highest BCUT2D eigenvalue weighted by Crippen LogP contribution is 2.31. The zero-order valence-corrected chi connectivity index (χ0v) is 11.6. The first kappa shape index (κ1) is 14.1. The number of carbonyl (C=O) groups is 1. The number of carbonyl (C=O) groups excluding carboxylic acids is 1. The van der Waals surface area contributed by atoms with Crippen LogP contribution in [-0.4, -0.2) is 19.8 Å². The normalized spacial score (nSPS) is 18.7. The third-order valence-electron chi connectivity index (χ3n) is 2.50. The van der Waals surface area contributed by atoms with E-state index in [0.29, 0.717) is 6.61 Å². The smallest absolute Gasteiger partial charge is 0.407 e. The van der Waals surface area contributed by atoms with Gasteiger partial charge in [0.2, 0.25) is 0 Å². The molecule has 1 fully saturated rings. The standard InChI is InChI=1S/C11H12BrNO3.ClH/c1-15-10-3-2-7(12)6-8(10)9-4-5-16-11(14)13-9;/h2-3,6,9H,4-5H2,1H3,(H,13,14);1H/t9-;/m0./s1. The van der Waals surface area contributed by atoms with Crippen LogP contribution in [0.15, 0.2) is 22.7 Å². The molecule has 6 heteroatoms. The number of amides is 1. The lowest BCUT2D eigenvalue weighted by atomic mass is 10.0. The summed E-state index contributed by atoms with van der Waals surface area (Å²) in [6.45, 7) is 0.437.